The van der Waals surface area contributed by atoms with E-state index in [1.807, 2.05) is 0 Å². The van der Waals surface area contributed by atoms with Crippen LogP contribution in [0.2, 0.25) is 5.02 Å². The average molecular weight is 472 g/mol. The first-order valence-corrected chi connectivity index (χ1v) is 11.6. The fourth-order valence-electron chi connectivity index (χ4n) is 3.60. The number of carbonyl (C=O) groups is 1. The van der Waals surface area contributed by atoms with Gasteiger partial charge in [-0.25, -0.2) is 16.8 Å². The van der Waals surface area contributed by atoms with Gasteiger partial charge in [-0.15, -0.1) is 0 Å². The van der Waals surface area contributed by atoms with Crippen molar-refractivity contribution in [3.63, 3.8) is 0 Å². The molecular weight excluding hydrogens is 453 g/mol. The molecule has 0 bridgehead atoms. The van der Waals surface area contributed by atoms with Gasteiger partial charge in [0.05, 0.1) is 10.4 Å². The van der Waals surface area contributed by atoms with Crippen LogP contribution in [0.5, 0.6) is 0 Å². The van der Waals surface area contributed by atoms with E-state index >= 15 is 0 Å². The smallest absolute Gasteiger partial charge is 0.303 e. The third kappa shape index (κ3) is 4.13. The molecule has 3 aromatic carbocycles. The summed E-state index contributed by atoms with van der Waals surface area (Å²) in [4.78, 5) is 11.1. The minimum Gasteiger partial charge on any atom is -0.481 e. The Labute approximate surface area is 189 Å². The quantitative estimate of drug-likeness (QED) is 0.393. The summed E-state index contributed by atoms with van der Waals surface area (Å²) in [5.74, 6) is -1.35. The van der Waals surface area contributed by atoms with Gasteiger partial charge in [0.2, 0.25) is 0 Å². The number of benzene rings is 3. The number of aryl methyl sites for hydroxylation is 2. The maximum absolute atomic E-state index is 14.0. The molecule has 0 saturated heterocycles. The van der Waals surface area contributed by atoms with E-state index in [4.69, 9.17) is 16.7 Å². The fraction of sp³-hybridized carbons (Fsp3) is 0.125. The highest BCUT2D eigenvalue weighted by molar-refractivity contribution is 7.90. The van der Waals surface area contributed by atoms with Crippen molar-refractivity contribution in [2.45, 2.75) is 24.7 Å². The second kappa shape index (κ2) is 8.41. The number of hydrogen-bond donors (Lipinski definition) is 1. The summed E-state index contributed by atoms with van der Waals surface area (Å²) in [6, 6.07) is 15.9. The summed E-state index contributed by atoms with van der Waals surface area (Å²) in [6.45, 7) is 1.66. The highest BCUT2D eigenvalue weighted by Gasteiger charge is 2.22. The molecule has 5 nitrogen and oxygen atoms in total. The zero-order chi connectivity index (χ0) is 23.0. The maximum Gasteiger partial charge on any atom is 0.303 e. The summed E-state index contributed by atoms with van der Waals surface area (Å²) in [5, 5.41) is 10.0. The predicted molar refractivity (Wildman–Crippen MR) is 122 cm³/mol. The molecule has 164 valence electrons. The van der Waals surface area contributed by atoms with Gasteiger partial charge < -0.3 is 5.11 Å². The molecule has 0 spiro atoms. The molecule has 1 aromatic heterocycles. The van der Waals surface area contributed by atoms with E-state index in [1.54, 1.807) is 49.4 Å². The van der Waals surface area contributed by atoms with Crippen molar-refractivity contribution in [3.05, 3.63) is 88.8 Å². The molecule has 0 saturated carbocycles. The third-order valence-electron chi connectivity index (χ3n) is 5.32. The van der Waals surface area contributed by atoms with Crippen LogP contribution in [0.25, 0.3) is 22.0 Å². The standard InChI is InChI=1S/C24H19ClFNO4S/c1-15-5-6-17(12-22(15)26)16-3-2-4-20(11-16)32(30,31)27-14-18(7-10-24(28)29)21-13-19(25)8-9-23(21)27/h2-6,8-9,11-14H,7,10H2,1H3,(H,28,29). The number of nitrogens with zero attached hydrogens (tertiary/aromatic N) is 1. The van der Waals surface area contributed by atoms with Gasteiger partial charge in [-0.05, 0) is 72.0 Å². The first-order valence-electron chi connectivity index (χ1n) is 9.80. The lowest BCUT2D eigenvalue weighted by Gasteiger charge is -2.10. The topological polar surface area (TPSA) is 76.4 Å². The van der Waals surface area contributed by atoms with E-state index in [9.17, 15) is 17.6 Å². The SMILES string of the molecule is Cc1ccc(-c2cccc(S(=O)(=O)n3cc(CCC(=O)O)c4cc(Cl)ccc43)c2)cc1F. The van der Waals surface area contributed by atoms with E-state index in [-0.39, 0.29) is 23.6 Å². The molecule has 0 aliphatic rings. The van der Waals surface area contributed by atoms with Gasteiger partial charge in [0.25, 0.3) is 10.0 Å². The second-order valence-corrected chi connectivity index (χ2v) is 9.75. The van der Waals surface area contributed by atoms with E-state index in [0.717, 1.165) is 3.97 Å². The molecule has 1 heterocycles. The van der Waals surface area contributed by atoms with Gasteiger partial charge in [-0.1, -0.05) is 35.9 Å². The molecule has 0 unspecified atom stereocenters. The van der Waals surface area contributed by atoms with Crippen molar-refractivity contribution >= 4 is 38.5 Å². The Balaban J connectivity index is 1.83. The van der Waals surface area contributed by atoms with Crippen molar-refractivity contribution in [2.75, 3.05) is 0 Å². The zero-order valence-electron chi connectivity index (χ0n) is 17.0. The summed E-state index contributed by atoms with van der Waals surface area (Å²) in [6.07, 6.45) is 1.47. The van der Waals surface area contributed by atoms with Crippen LogP contribution in [0, 0.1) is 12.7 Å². The Morgan fingerprint density at radius 1 is 1.06 bits per heavy atom. The van der Waals surface area contributed by atoms with Crippen LogP contribution in [0.1, 0.15) is 17.5 Å². The van der Waals surface area contributed by atoms with E-state index in [0.29, 0.717) is 38.2 Å². The normalized spacial score (nSPS) is 11.7. The molecule has 4 aromatic rings. The summed E-state index contributed by atoms with van der Waals surface area (Å²) < 4.78 is 42.2. The van der Waals surface area contributed by atoms with Crippen molar-refractivity contribution in [3.8, 4) is 11.1 Å². The molecule has 0 fully saturated rings. The van der Waals surface area contributed by atoms with Gasteiger partial charge >= 0.3 is 5.97 Å². The molecule has 8 heteroatoms. The zero-order valence-corrected chi connectivity index (χ0v) is 18.6. The van der Waals surface area contributed by atoms with Crippen molar-refractivity contribution in [1.29, 1.82) is 0 Å². The third-order valence-corrected chi connectivity index (χ3v) is 7.22. The summed E-state index contributed by atoms with van der Waals surface area (Å²) in [7, 11) is -4.01. The molecule has 4 rings (SSSR count). The van der Waals surface area contributed by atoms with Crippen LogP contribution in [0.3, 0.4) is 0 Å². The van der Waals surface area contributed by atoms with Crippen LogP contribution in [0.15, 0.2) is 71.8 Å². The summed E-state index contributed by atoms with van der Waals surface area (Å²) in [5.41, 5.74) is 2.61. The van der Waals surface area contributed by atoms with Gasteiger partial charge in [0.15, 0.2) is 0 Å². The predicted octanol–water partition coefficient (Wildman–Crippen LogP) is 5.66. The Hall–Kier alpha value is -3.16. The second-order valence-electron chi connectivity index (χ2n) is 7.50. The molecule has 0 radical (unpaired) electrons. The summed E-state index contributed by atoms with van der Waals surface area (Å²) >= 11 is 6.10. The lowest BCUT2D eigenvalue weighted by Crippen LogP contribution is -2.12. The number of carboxylic acid groups (broad SMARTS) is 1. The Morgan fingerprint density at radius 2 is 1.81 bits per heavy atom. The minimum atomic E-state index is -4.01. The number of carboxylic acids is 1. The van der Waals surface area contributed by atoms with Gasteiger partial charge in [0, 0.05) is 23.0 Å². The van der Waals surface area contributed by atoms with Crippen LogP contribution in [-0.4, -0.2) is 23.5 Å². The van der Waals surface area contributed by atoms with Crippen LogP contribution in [0.4, 0.5) is 4.39 Å². The first kappa shape index (κ1) is 22.0. The molecule has 32 heavy (non-hydrogen) atoms. The van der Waals surface area contributed by atoms with Crippen LogP contribution < -0.4 is 0 Å². The van der Waals surface area contributed by atoms with Crippen molar-refractivity contribution in [1.82, 2.24) is 3.97 Å². The Morgan fingerprint density at radius 3 is 2.53 bits per heavy atom. The van der Waals surface area contributed by atoms with Crippen LogP contribution in [-0.2, 0) is 21.2 Å². The Bertz CT molecular complexity index is 1460. The maximum atomic E-state index is 14.0. The molecule has 0 atom stereocenters. The molecular formula is C24H19ClFNO4S. The van der Waals surface area contributed by atoms with Crippen molar-refractivity contribution in [2.24, 2.45) is 0 Å². The van der Waals surface area contributed by atoms with Gasteiger partial charge in [-0.3, -0.25) is 4.79 Å². The molecule has 0 amide bonds. The monoisotopic (exact) mass is 471 g/mol. The van der Waals surface area contributed by atoms with Crippen molar-refractivity contribution < 1.29 is 22.7 Å². The lowest BCUT2D eigenvalue weighted by atomic mass is 10.0. The largest absolute Gasteiger partial charge is 0.481 e. The first-order chi connectivity index (χ1) is 15.2. The van der Waals surface area contributed by atoms with E-state index in [2.05, 4.69) is 0 Å². The molecule has 0 aliphatic heterocycles. The Kier molecular flexibility index (Phi) is 5.79. The molecule has 1 N–H and O–H groups in total. The van der Waals surface area contributed by atoms with Crippen LogP contribution >= 0.6 is 11.6 Å². The van der Waals surface area contributed by atoms with E-state index < -0.39 is 16.0 Å². The number of aromatic nitrogens is 1. The highest BCUT2D eigenvalue weighted by Crippen LogP contribution is 2.31. The van der Waals surface area contributed by atoms with Gasteiger partial charge in [0.1, 0.15) is 5.82 Å². The number of hydrogen-bond acceptors (Lipinski definition) is 3. The number of fused-ring (bicyclic) bond motifs is 1. The van der Waals surface area contributed by atoms with E-state index in [1.165, 1.54) is 24.4 Å². The van der Waals surface area contributed by atoms with Gasteiger partial charge in [-0.2, -0.15) is 0 Å². The number of aliphatic carboxylic acids is 1. The minimum absolute atomic E-state index is 0.0348. The number of halogens is 2. The number of rotatable bonds is 6. The average Bonchev–Trinajstić information content (AvgIpc) is 3.12. The molecule has 0 aliphatic carbocycles. The fourth-order valence-corrected chi connectivity index (χ4v) is 5.21. The highest BCUT2D eigenvalue weighted by atomic mass is 35.5. The lowest BCUT2D eigenvalue weighted by molar-refractivity contribution is -0.136.